The van der Waals surface area contributed by atoms with Gasteiger partial charge in [-0.2, -0.15) is 0 Å². The van der Waals surface area contributed by atoms with Gasteiger partial charge in [0.25, 0.3) is 5.91 Å². The van der Waals surface area contributed by atoms with Crippen LogP contribution < -0.4 is 10.6 Å². The Morgan fingerprint density at radius 2 is 1.54 bits per heavy atom. The second kappa shape index (κ2) is 8.36. The van der Waals surface area contributed by atoms with Crippen LogP contribution in [0.5, 0.6) is 0 Å². The highest BCUT2D eigenvalue weighted by Crippen LogP contribution is 2.23. The number of amides is 1. The molecule has 4 nitrogen and oxygen atoms in total. The second-order valence-electron chi connectivity index (χ2n) is 5.42. The summed E-state index contributed by atoms with van der Waals surface area (Å²) < 4.78 is 5.77. The third-order valence-corrected chi connectivity index (χ3v) is 4.30. The highest BCUT2D eigenvalue weighted by molar-refractivity contribution is 7.80. The Morgan fingerprint density at radius 3 is 2.19 bits per heavy atom. The molecule has 26 heavy (non-hydrogen) atoms. The lowest BCUT2D eigenvalue weighted by atomic mass is 10.2. The molecule has 1 amide bonds. The van der Waals surface area contributed by atoms with Gasteiger partial charge in [0.15, 0.2) is 5.11 Å². The standard InChI is InChI=1S/C19H14Cl2N2O2S/c20-14-5-1-12(2-6-14)17-10-9-16(25-17)11-22-19(26)23-18(24)13-3-7-15(21)8-4-13/h1-10H,11H2,(H2,22,23,24,26). The Kier molecular flexibility index (Phi) is 5.93. The molecule has 2 aromatic carbocycles. The van der Waals surface area contributed by atoms with E-state index in [0.717, 1.165) is 11.3 Å². The minimum Gasteiger partial charge on any atom is -0.459 e. The molecule has 7 heteroatoms. The number of benzene rings is 2. The summed E-state index contributed by atoms with van der Waals surface area (Å²) in [5.74, 6) is 1.12. The number of hydrogen-bond acceptors (Lipinski definition) is 3. The van der Waals surface area contributed by atoms with E-state index in [1.807, 2.05) is 24.3 Å². The predicted molar refractivity (Wildman–Crippen MR) is 108 cm³/mol. The van der Waals surface area contributed by atoms with E-state index in [0.29, 0.717) is 27.9 Å². The number of carbonyl (C=O) groups is 1. The van der Waals surface area contributed by atoms with Gasteiger partial charge in [-0.15, -0.1) is 0 Å². The summed E-state index contributed by atoms with van der Waals surface area (Å²) in [5, 5.41) is 7.01. The zero-order valence-corrected chi connectivity index (χ0v) is 15.8. The highest BCUT2D eigenvalue weighted by Gasteiger charge is 2.09. The van der Waals surface area contributed by atoms with E-state index in [1.165, 1.54) is 0 Å². The summed E-state index contributed by atoms with van der Waals surface area (Å²) in [5.41, 5.74) is 1.40. The van der Waals surface area contributed by atoms with Gasteiger partial charge in [0.05, 0.1) is 6.54 Å². The predicted octanol–water partition coefficient (Wildman–Crippen LogP) is 5.06. The number of hydrogen-bond donors (Lipinski definition) is 2. The molecular formula is C19H14Cl2N2O2S. The molecule has 0 aliphatic heterocycles. The van der Waals surface area contributed by atoms with Crippen LogP contribution >= 0.6 is 35.4 Å². The Morgan fingerprint density at radius 1 is 0.923 bits per heavy atom. The van der Waals surface area contributed by atoms with Crippen molar-refractivity contribution in [1.29, 1.82) is 0 Å². The lowest BCUT2D eigenvalue weighted by Gasteiger charge is -2.08. The van der Waals surface area contributed by atoms with Crippen molar-refractivity contribution in [2.45, 2.75) is 6.54 Å². The van der Waals surface area contributed by atoms with E-state index in [1.54, 1.807) is 36.4 Å². The molecule has 0 saturated carbocycles. The van der Waals surface area contributed by atoms with E-state index in [9.17, 15) is 4.79 Å². The molecule has 1 heterocycles. The summed E-state index contributed by atoms with van der Waals surface area (Å²) in [6.07, 6.45) is 0. The fraction of sp³-hybridized carbons (Fsp3) is 0.0526. The van der Waals surface area contributed by atoms with Crippen molar-refractivity contribution < 1.29 is 9.21 Å². The number of rotatable bonds is 4. The highest BCUT2D eigenvalue weighted by atomic mass is 35.5. The zero-order valence-electron chi connectivity index (χ0n) is 13.5. The Balaban J connectivity index is 1.54. The van der Waals surface area contributed by atoms with Crippen LogP contribution in [0.15, 0.2) is 65.1 Å². The second-order valence-corrected chi connectivity index (χ2v) is 6.70. The van der Waals surface area contributed by atoms with Crippen molar-refractivity contribution in [2.75, 3.05) is 0 Å². The summed E-state index contributed by atoms with van der Waals surface area (Å²) in [4.78, 5) is 12.1. The maximum absolute atomic E-state index is 12.1. The van der Waals surface area contributed by atoms with Crippen LogP contribution in [0.4, 0.5) is 0 Å². The van der Waals surface area contributed by atoms with Gasteiger partial charge in [0.1, 0.15) is 11.5 Å². The molecule has 0 atom stereocenters. The molecule has 0 fully saturated rings. The average Bonchev–Trinajstić information content (AvgIpc) is 3.10. The monoisotopic (exact) mass is 404 g/mol. The van der Waals surface area contributed by atoms with Crippen molar-refractivity contribution in [3.63, 3.8) is 0 Å². The fourth-order valence-electron chi connectivity index (χ4n) is 2.23. The van der Waals surface area contributed by atoms with Gasteiger partial charge in [-0.3, -0.25) is 10.1 Å². The van der Waals surface area contributed by atoms with E-state index in [-0.39, 0.29) is 11.0 Å². The quantitative estimate of drug-likeness (QED) is 0.596. The van der Waals surface area contributed by atoms with Crippen LogP contribution in [-0.2, 0) is 6.54 Å². The minimum absolute atomic E-state index is 0.217. The lowest BCUT2D eigenvalue weighted by molar-refractivity contribution is 0.0976. The topological polar surface area (TPSA) is 54.3 Å². The molecule has 132 valence electrons. The van der Waals surface area contributed by atoms with E-state index in [2.05, 4.69) is 10.6 Å². The van der Waals surface area contributed by atoms with Gasteiger partial charge in [-0.1, -0.05) is 23.2 Å². The van der Waals surface area contributed by atoms with Gasteiger partial charge in [-0.25, -0.2) is 0 Å². The molecule has 2 N–H and O–H groups in total. The maximum atomic E-state index is 12.1. The first kappa shape index (κ1) is 18.5. The Labute approximate surface area is 166 Å². The molecular weight excluding hydrogens is 391 g/mol. The summed E-state index contributed by atoms with van der Waals surface area (Å²) in [7, 11) is 0. The van der Waals surface area contributed by atoms with Crippen LogP contribution in [0.2, 0.25) is 10.0 Å². The van der Waals surface area contributed by atoms with E-state index < -0.39 is 0 Å². The first-order chi connectivity index (χ1) is 12.5. The largest absolute Gasteiger partial charge is 0.459 e. The Hall–Kier alpha value is -2.34. The van der Waals surface area contributed by atoms with Crippen LogP contribution in [0.25, 0.3) is 11.3 Å². The van der Waals surface area contributed by atoms with Gasteiger partial charge >= 0.3 is 0 Å². The van der Waals surface area contributed by atoms with Crippen LogP contribution in [-0.4, -0.2) is 11.0 Å². The number of furan rings is 1. The number of nitrogens with one attached hydrogen (secondary N) is 2. The third kappa shape index (κ3) is 4.85. The first-order valence-electron chi connectivity index (χ1n) is 7.70. The van der Waals surface area contributed by atoms with Crippen molar-refractivity contribution >= 4 is 46.4 Å². The molecule has 0 radical (unpaired) electrons. The lowest BCUT2D eigenvalue weighted by Crippen LogP contribution is -2.38. The molecule has 0 bridgehead atoms. The SMILES string of the molecule is O=C(NC(=S)NCc1ccc(-c2ccc(Cl)cc2)o1)c1ccc(Cl)cc1. The van der Waals surface area contributed by atoms with Crippen molar-refractivity contribution in [3.05, 3.63) is 82.0 Å². The summed E-state index contributed by atoms with van der Waals surface area (Å²) in [6, 6.07) is 17.6. The third-order valence-electron chi connectivity index (χ3n) is 3.55. The van der Waals surface area contributed by atoms with Gasteiger partial charge in [0.2, 0.25) is 0 Å². The maximum Gasteiger partial charge on any atom is 0.257 e. The number of carbonyl (C=O) groups excluding carboxylic acids is 1. The molecule has 3 aromatic rings. The number of halogens is 2. The van der Waals surface area contributed by atoms with Crippen molar-refractivity contribution in [1.82, 2.24) is 10.6 Å². The van der Waals surface area contributed by atoms with Gasteiger partial charge in [-0.05, 0) is 72.9 Å². The molecule has 0 unspecified atom stereocenters. The van der Waals surface area contributed by atoms with Gasteiger partial charge < -0.3 is 9.73 Å². The van der Waals surface area contributed by atoms with Crippen LogP contribution in [0.3, 0.4) is 0 Å². The number of thiocarbonyl (C=S) groups is 1. The average molecular weight is 405 g/mol. The van der Waals surface area contributed by atoms with Crippen LogP contribution in [0, 0.1) is 0 Å². The molecule has 0 saturated heterocycles. The smallest absolute Gasteiger partial charge is 0.257 e. The van der Waals surface area contributed by atoms with Crippen molar-refractivity contribution in [2.24, 2.45) is 0 Å². The first-order valence-corrected chi connectivity index (χ1v) is 8.87. The fourth-order valence-corrected chi connectivity index (χ4v) is 2.65. The molecule has 0 aliphatic rings. The zero-order chi connectivity index (χ0) is 18.5. The summed E-state index contributed by atoms with van der Waals surface area (Å²) in [6.45, 7) is 0.354. The molecule has 3 rings (SSSR count). The van der Waals surface area contributed by atoms with Crippen LogP contribution in [0.1, 0.15) is 16.1 Å². The van der Waals surface area contributed by atoms with Crippen molar-refractivity contribution in [3.8, 4) is 11.3 Å². The molecule has 0 aliphatic carbocycles. The van der Waals surface area contributed by atoms with Gasteiger partial charge in [0, 0.05) is 21.2 Å². The van der Waals surface area contributed by atoms with E-state index >= 15 is 0 Å². The minimum atomic E-state index is -0.305. The molecule has 1 aromatic heterocycles. The summed E-state index contributed by atoms with van der Waals surface area (Å²) >= 11 is 16.8. The molecule has 0 spiro atoms. The normalized spacial score (nSPS) is 10.4. The van der Waals surface area contributed by atoms with E-state index in [4.69, 9.17) is 39.8 Å². The Bertz CT molecular complexity index is 921.